The Labute approximate surface area is 278 Å². The third-order valence-electron chi connectivity index (χ3n) is 6.42. The largest absolute Gasteiger partial charge is 0.496 e. The number of carbonyl (C=O) groups is 3. The van der Waals surface area contributed by atoms with E-state index in [1.165, 1.54) is 17.8 Å². The molecule has 0 fully saturated rings. The highest BCUT2D eigenvalue weighted by Gasteiger charge is 2.17. The molecule has 0 spiro atoms. The van der Waals surface area contributed by atoms with Crippen molar-refractivity contribution >= 4 is 69.5 Å². The van der Waals surface area contributed by atoms with Gasteiger partial charge in [0, 0.05) is 31.5 Å². The van der Waals surface area contributed by atoms with E-state index >= 15 is 0 Å². The molecule has 10 heteroatoms. The number of methoxy groups -OCH3 is 1. The SMILES string of the molecule is COc1ccccc1-c1ccc(/C=C(/NC(=O)c2ccccc2)C(=O)Nc2ccc(SCC(=O)Nc3ccc(I)cc3)cc2)o1. The zero-order chi connectivity index (χ0) is 31.6. The maximum absolute atomic E-state index is 13.4. The highest BCUT2D eigenvalue weighted by molar-refractivity contribution is 14.1. The smallest absolute Gasteiger partial charge is 0.272 e. The van der Waals surface area contributed by atoms with Crippen LogP contribution in [0.15, 0.2) is 130 Å². The van der Waals surface area contributed by atoms with Crippen molar-refractivity contribution < 1.29 is 23.5 Å². The Morgan fingerprint density at radius 1 is 0.800 bits per heavy atom. The van der Waals surface area contributed by atoms with Crippen molar-refractivity contribution in [1.29, 1.82) is 0 Å². The summed E-state index contributed by atoms with van der Waals surface area (Å²) in [4.78, 5) is 39.7. The van der Waals surface area contributed by atoms with E-state index in [0.29, 0.717) is 28.5 Å². The van der Waals surface area contributed by atoms with E-state index in [1.807, 2.05) is 60.7 Å². The molecule has 0 bridgehead atoms. The quantitative estimate of drug-likeness (QED) is 0.0731. The van der Waals surface area contributed by atoms with Crippen LogP contribution in [0, 0.1) is 3.57 Å². The van der Waals surface area contributed by atoms with Gasteiger partial charge in [0.05, 0.1) is 18.4 Å². The van der Waals surface area contributed by atoms with Gasteiger partial charge in [0.15, 0.2) is 0 Å². The lowest BCUT2D eigenvalue weighted by Crippen LogP contribution is -2.30. The van der Waals surface area contributed by atoms with Crippen LogP contribution in [0.4, 0.5) is 11.4 Å². The zero-order valence-corrected chi connectivity index (χ0v) is 27.1. The van der Waals surface area contributed by atoms with Crippen molar-refractivity contribution in [2.75, 3.05) is 23.5 Å². The van der Waals surface area contributed by atoms with E-state index in [9.17, 15) is 14.4 Å². The van der Waals surface area contributed by atoms with Gasteiger partial charge in [-0.1, -0.05) is 30.3 Å². The molecular weight excluding hydrogens is 701 g/mol. The van der Waals surface area contributed by atoms with Crippen LogP contribution in [-0.2, 0) is 9.59 Å². The van der Waals surface area contributed by atoms with Gasteiger partial charge in [0.2, 0.25) is 5.91 Å². The van der Waals surface area contributed by atoms with Crippen LogP contribution < -0.4 is 20.7 Å². The summed E-state index contributed by atoms with van der Waals surface area (Å²) in [6.07, 6.45) is 1.48. The molecule has 3 amide bonds. The number of benzene rings is 4. The fraction of sp³-hybridized carbons (Fsp3) is 0.0571. The van der Waals surface area contributed by atoms with Crippen LogP contribution in [0.2, 0.25) is 0 Å². The van der Waals surface area contributed by atoms with Crippen LogP contribution in [0.1, 0.15) is 16.1 Å². The van der Waals surface area contributed by atoms with Gasteiger partial charge in [-0.15, -0.1) is 11.8 Å². The average molecular weight is 730 g/mol. The Morgan fingerprint density at radius 3 is 2.20 bits per heavy atom. The number of hydrogen-bond acceptors (Lipinski definition) is 6. The highest BCUT2D eigenvalue weighted by Crippen LogP contribution is 2.31. The number of halogens is 1. The van der Waals surface area contributed by atoms with Gasteiger partial charge < -0.3 is 25.1 Å². The van der Waals surface area contributed by atoms with Gasteiger partial charge in [0.25, 0.3) is 11.8 Å². The lowest BCUT2D eigenvalue weighted by Gasteiger charge is -2.11. The molecule has 8 nitrogen and oxygen atoms in total. The van der Waals surface area contributed by atoms with E-state index in [4.69, 9.17) is 9.15 Å². The molecule has 226 valence electrons. The van der Waals surface area contributed by atoms with Crippen molar-refractivity contribution in [3.05, 3.63) is 136 Å². The molecule has 1 aromatic heterocycles. The number of hydrogen-bond donors (Lipinski definition) is 3. The van der Waals surface area contributed by atoms with Crippen LogP contribution >= 0.6 is 34.4 Å². The molecule has 45 heavy (non-hydrogen) atoms. The lowest BCUT2D eigenvalue weighted by atomic mass is 10.1. The first-order chi connectivity index (χ1) is 21.9. The zero-order valence-electron chi connectivity index (χ0n) is 24.1. The predicted molar refractivity (Wildman–Crippen MR) is 186 cm³/mol. The Morgan fingerprint density at radius 2 is 1.47 bits per heavy atom. The predicted octanol–water partition coefficient (Wildman–Crippen LogP) is 7.70. The minimum Gasteiger partial charge on any atom is -0.496 e. The first kappa shape index (κ1) is 31.6. The summed E-state index contributed by atoms with van der Waals surface area (Å²) in [6, 6.07) is 34.2. The number of nitrogens with one attached hydrogen (secondary N) is 3. The van der Waals surface area contributed by atoms with Crippen molar-refractivity contribution in [1.82, 2.24) is 5.32 Å². The molecular formula is C35H28IN3O5S. The fourth-order valence-corrected chi connectivity index (χ4v) is 5.28. The van der Waals surface area contributed by atoms with Crippen molar-refractivity contribution in [2.24, 2.45) is 0 Å². The third-order valence-corrected chi connectivity index (χ3v) is 8.16. The summed E-state index contributed by atoms with van der Waals surface area (Å²) in [5.41, 5.74) is 2.41. The van der Waals surface area contributed by atoms with E-state index in [0.717, 1.165) is 19.7 Å². The highest BCUT2D eigenvalue weighted by atomic mass is 127. The Bertz CT molecular complexity index is 1820. The van der Waals surface area contributed by atoms with E-state index in [-0.39, 0.29) is 17.4 Å². The monoisotopic (exact) mass is 729 g/mol. The van der Waals surface area contributed by atoms with E-state index < -0.39 is 11.8 Å². The molecule has 4 aromatic carbocycles. The van der Waals surface area contributed by atoms with Gasteiger partial charge >= 0.3 is 0 Å². The molecule has 0 radical (unpaired) electrons. The summed E-state index contributed by atoms with van der Waals surface area (Å²) in [5.74, 6) is 0.699. The Hall–Kier alpha value is -4.81. The number of rotatable bonds is 11. The molecule has 0 aliphatic rings. The standard InChI is InChI=1S/C35H28IN3O5S/c1-43-31-10-6-5-9-29(31)32-20-17-27(44-32)21-30(39-34(41)23-7-3-2-4-8-23)35(42)38-26-15-18-28(19-16-26)45-22-33(40)37-25-13-11-24(36)12-14-25/h2-21H,22H2,1H3,(H,37,40)(H,38,42)(H,39,41)/b30-21+. The molecule has 1 heterocycles. The van der Waals surface area contributed by atoms with Gasteiger partial charge in [0.1, 0.15) is 23.0 Å². The van der Waals surface area contributed by atoms with Gasteiger partial charge in [-0.25, -0.2) is 0 Å². The van der Waals surface area contributed by atoms with Gasteiger partial charge in [-0.2, -0.15) is 0 Å². The fourth-order valence-electron chi connectivity index (χ4n) is 4.22. The average Bonchev–Trinajstić information content (AvgIpc) is 3.54. The number of furan rings is 1. The molecule has 5 aromatic rings. The molecule has 3 N–H and O–H groups in total. The van der Waals surface area contributed by atoms with Gasteiger partial charge in [-0.3, -0.25) is 14.4 Å². The number of carbonyl (C=O) groups excluding carboxylic acids is 3. The van der Waals surface area contributed by atoms with Gasteiger partial charge in [-0.05, 0) is 108 Å². The Kier molecular flexibility index (Phi) is 10.7. The lowest BCUT2D eigenvalue weighted by molar-refractivity contribution is -0.114. The number of amides is 3. The number of anilines is 2. The Balaban J connectivity index is 1.28. The summed E-state index contributed by atoms with van der Waals surface area (Å²) in [7, 11) is 1.58. The minimum absolute atomic E-state index is 0.00416. The molecule has 0 unspecified atom stereocenters. The molecule has 0 saturated carbocycles. The molecule has 0 aliphatic carbocycles. The number of para-hydroxylation sites is 1. The molecule has 0 atom stereocenters. The van der Waals surface area contributed by atoms with Crippen molar-refractivity contribution in [3.8, 4) is 17.1 Å². The summed E-state index contributed by atoms with van der Waals surface area (Å²) in [6.45, 7) is 0. The van der Waals surface area contributed by atoms with Crippen LogP contribution in [-0.4, -0.2) is 30.6 Å². The second-order valence-electron chi connectivity index (χ2n) is 9.60. The first-order valence-electron chi connectivity index (χ1n) is 13.8. The maximum Gasteiger partial charge on any atom is 0.272 e. The molecule has 5 rings (SSSR count). The van der Waals surface area contributed by atoms with Crippen LogP contribution in [0.5, 0.6) is 5.75 Å². The first-order valence-corrected chi connectivity index (χ1v) is 15.9. The summed E-state index contributed by atoms with van der Waals surface area (Å²) >= 11 is 3.59. The van der Waals surface area contributed by atoms with E-state index in [2.05, 4.69) is 38.5 Å². The summed E-state index contributed by atoms with van der Waals surface area (Å²) in [5, 5.41) is 8.43. The maximum atomic E-state index is 13.4. The summed E-state index contributed by atoms with van der Waals surface area (Å²) < 4.78 is 12.5. The van der Waals surface area contributed by atoms with Crippen molar-refractivity contribution in [2.45, 2.75) is 4.90 Å². The topological polar surface area (TPSA) is 110 Å². The van der Waals surface area contributed by atoms with Crippen molar-refractivity contribution in [3.63, 3.8) is 0 Å². The van der Waals surface area contributed by atoms with Crippen LogP contribution in [0.25, 0.3) is 17.4 Å². The second-order valence-corrected chi connectivity index (χ2v) is 11.9. The van der Waals surface area contributed by atoms with Crippen LogP contribution in [0.3, 0.4) is 0 Å². The second kappa shape index (κ2) is 15.3. The van der Waals surface area contributed by atoms with E-state index in [1.54, 1.807) is 61.7 Å². The number of ether oxygens (including phenoxy) is 1. The number of thioether (sulfide) groups is 1. The molecule has 0 saturated heterocycles. The normalized spacial score (nSPS) is 11.0. The molecule has 0 aliphatic heterocycles. The third kappa shape index (κ3) is 8.87. The minimum atomic E-state index is -0.535.